The number of nitrogens with two attached hydrogens (primary N) is 1. The molecule has 4 nitrogen and oxygen atoms in total. The van der Waals surface area contributed by atoms with Crippen LogP contribution >= 0.6 is 24.8 Å². The van der Waals surface area contributed by atoms with Crippen molar-refractivity contribution in [2.75, 3.05) is 0 Å². The average molecular weight is 342 g/mol. The van der Waals surface area contributed by atoms with E-state index in [2.05, 4.69) is 10.3 Å². The zero-order valence-corrected chi connectivity index (χ0v) is 13.9. The Morgan fingerprint density at radius 2 is 1.77 bits per heavy atom. The Bertz CT molecular complexity index is 552. The van der Waals surface area contributed by atoms with Gasteiger partial charge in [-0.05, 0) is 31.0 Å². The van der Waals surface area contributed by atoms with Crippen LogP contribution in [0.15, 0.2) is 54.7 Å². The first-order valence-electron chi connectivity index (χ1n) is 6.67. The minimum absolute atomic E-state index is 0. The number of amides is 1. The summed E-state index contributed by atoms with van der Waals surface area (Å²) in [6.45, 7) is 1.90. The third-order valence-electron chi connectivity index (χ3n) is 3.13. The number of carbonyl (C=O) groups is 1. The molecule has 1 amide bonds. The highest BCUT2D eigenvalue weighted by Crippen LogP contribution is 2.09. The first-order chi connectivity index (χ1) is 9.66. The molecule has 22 heavy (non-hydrogen) atoms. The smallest absolute Gasteiger partial charge is 0.237 e. The maximum absolute atomic E-state index is 12.1. The summed E-state index contributed by atoms with van der Waals surface area (Å²) in [7, 11) is 0. The molecule has 1 aromatic heterocycles. The molecule has 1 aromatic carbocycles. The highest BCUT2D eigenvalue weighted by atomic mass is 35.5. The molecule has 1 heterocycles. The molecule has 0 fully saturated rings. The molecule has 2 rings (SSSR count). The normalized spacial score (nSPS) is 12.3. The average Bonchev–Trinajstić information content (AvgIpc) is 2.49. The van der Waals surface area contributed by atoms with Gasteiger partial charge in [0.05, 0.1) is 17.8 Å². The van der Waals surface area contributed by atoms with Gasteiger partial charge in [-0.1, -0.05) is 36.4 Å². The Morgan fingerprint density at radius 1 is 1.14 bits per heavy atom. The first kappa shape index (κ1) is 20.4. The number of nitrogens with zero attached hydrogens (tertiary/aromatic N) is 1. The van der Waals surface area contributed by atoms with Gasteiger partial charge in [-0.2, -0.15) is 0 Å². The molecule has 0 aliphatic rings. The number of nitrogens with one attached hydrogen (secondary N) is 1. The molecule has 0 bridgehead atoms. The van der Waals surface area contributed by atoms with E-state index in [0.717, 1.165) is 11.3 Å². The maximum atomic E-state index is 12.1. The van der Waals surface area contributed by atoms with Crippen molar-refractivity contribution in [2.45, 2.75) is 25.4 Å². The van der Waals surface area contributed by atoms with Crippen LogP contribution in [-0.4, -0.2) is 16.9 Å². The highest BCUT2D eigenvalue weighted by molar-refractivity contribution is 5.85. The summed E-state index contributed by atoms with van der Waals surface area (Å²) in [6.07, 6.45) is 2.24. The number of aromatic nitrogens is 1. The van der Waals surface area contributed by atoms with Crippen LogP contribution in [0.1, 0.15) is 24.2 Å². The monoisotopic (exact) mass is 341 g/mol. The summed E-state index contributed by atoms with van der Waals surface area (Å²) in [6, 6.07) is 14.7. The summed E-state index contributed by atoms with van der Waals surface area (Å²) in [5.74, 6) is -0.160. The van der Waals surface area contributed by atoms with Crippen molar-refractivity contribution in [2.24, 2.45) is 5.73 Å². The van der Waals surface area contributed by atoms with Crippen LogP contribution in [0.2, 0.25) is 0 Å². The number of hydrogen-bond acceptors (Lipinski definition) is 3. The Labute approximate surface area is 143 Å². The highest BCUT2D eigenvalue weighted by Gasteiger charge is 2.17. The second-order valence-corrected chi connectivity index (χ2v) is 4.78. The van der Waals surface area contributed by atoms with E-state index in [4.69, 9.17) is 5.73 Å². The molecule has 2 atom stereocenters. The van der Waals surface area contributed by atoms with Crippen molar-refractivity contribution >= 4 is 30.7 Å². The predicted molar refractivity (Wildman–Crippen MR) is 93.4 cm³/mol. The fraction of sp³-hybridized carbons (Fsp3) is 0.250. The molecule has 6 heteroatoms. The fourth-order valence-electron chi connectivity index (χ4n) is 1.99. The number of carbonyl (C=O) groups excluding carboxylic acids is 1. The lowest BCUT2D eigenvalue weighted by Gasteiger charge is -2.17. The van der Waals surface area contributed by atoms with Crippen LogP contribution < -0.4 is 11.1 Å². The molecule has 2 aromatic rings. The Kier molecular flexibility index (Phi) is 9.42. The third kappa shape index (κ3) is 6.02. The minimum Gasteiger partial charge on any atom is -0.347 e. The summed E-state index contributed by atoms with van der Waals surface area (Å²) in [4.78, 5) is 16.3. The predicted octanol–water partition coefficient (Wildman–Crippen LogP) is 2.67. The Balaban J connectivity index is 0.00000220. The molecule has 0 saturated carbocycles. The number of rotatable bonds is 5. The number of pyridine rings is 1. The summed E-state index contributed by atoms with van der Waals surface area (Å²) < 4.78 is 0. The molecular weight excluding hydrogens is 321 g/mol. The van der Waals surface area contributed by atoms with Crippen molar-refractivity contribution in [1.29, 1.82) is 0 Å². The number of halogens is 2. The van der Waals surface area contributed by atoms with Crippen molar-refractivity contribution in [3.63, 3.8) is 0 Å². The molecule has 0 aliphatic heterocycles. The quantitative estimate of drug-likeness (QED) is 0.878. The SMILES string of the molecule is CC(NC(=O)[C@@H](N)Cc1ccccc1)c1ccccn1.Cl.Cl. The minimum atomic E-state index is -0.552. The van der Waals surface area contributed by atoms with Gasteiger partial charge in [0.25, 0.3) is 0 Å². The van der Waals surface area contributed by atoms with Crippen LogP contribution in [0.4, 0.5) is 0 Å². The zero-order chi connectivity index (χ0) is 14.4. The zero-order valence-electron chi connectivity index (χ0n) is 12.3. The number of benzene rings is 1. The summed E-state index contributed by atoms with van der Waals surface area (Å²) in [5, 5.41) is 2.89. The molecule has 0 saturated heterocycles. The van der Waals surface area contributed by atoms with E-state index in [0.29, 0.717) is 6.42 Å². The van der Waals surface area contributed by atoms with E-state index < -0.39 is 6.04 Å². The molecule has 1 unspecified atom stereocenters. The first-order valence-corrected chi connectivity index (χ1v) is 6.67. The van der Waals surface area contributed by atoms with Gasteiger partial charge in [-0.3, -0.25) is 9.78 Å². The lowest BCUT2D eigenvalue weighted by molar-refractivity contribution is -0.123. The van der Waals surface area contributed by atoms with Gasteiger partial charge in [0.2, 0.25) is 5.91 Å². The van der Waals surface area contributed by atoms with Gasteiger partial charge in [0.15, 0.2) is 0 Å². The van der Waals surface area contributed by atoms with E-state index in [9.17, 15) is 4.79 Å². The molecule has 3 N–H and O–H groups in total. The standard InChI is InChI=1S/C16H19N3O.2ClH/c1-12(15-9-5-6-10-18-15)19-16(20)14(17)11-13-7-3-2-4-8-13;;/h2-10,12,14H,11,17H2,1H3,(H,19,20);2*1H/t12?,14-;;/m0../s1. The lowest BCUT2D eigenvalue weighted by Crippen LogP contribution is -2.43. The van der Waals surface area contributed by atoms with Crippen LogP contribution in [0.5, 0.6) is 0 Å². The van der Waals surface area contributed by atoms with Crippen molar-refractivity contribution < 1.29 is 4.79 Å². The van der Waals surface area contributed by atoms with Crippen molar-refractivity contribution in [3.8, 4) is 0 Å². The number of hydrogen-bond donors (Lipinski definition) is 2. The van der Waals surface area contributed by atoms with Gasteiger partial charge >= 0.3 is 0 Å². The second-order valence-electron chi connectivity index (χ2n) is 4.78. The van der Waals surface area contributed by atoms with Crippen LogP contribution in [0.25, 0.3) is 0 Å². The van der Waals surface area contributed by atoms with Gasteiger partial charge in [-0.15, -0.1) is 24.8 Å². The third-order valence-corrected chi connectivity index (χ3v) is 3.13. The van der Waals surface area contributed by atoms with E-state index in [1.807, 2.05) is 55.5 Å². The van der Waals surface area contributed by atoms with Crippen LogP contribution in [0.3, 0.4) is 0 Å². The van der Waals surface area contributed by atoms with E-state index in [1.54, 1.807) is 6.20 Å². The topological polar surface area (TPSA) is 68.0 Å². The Hall–Kier alpha value is -1.62. The lowest BCUT2D eigenvalue weighted by atomic mass is 10.1. The van der Waals surface area contributed by atoms with E-state index >= 15 is 0 Å². The Morgan fingerprint density at radius 3 is 2.36 bits per heavy atom. The fourth-order valence-corrected chi connectivity index (χ4v) is 1.99. The molecular formula is C16H21Cl2N3O. The molecule has 0 spiro atoms. The largest absolute Gasteiger partial charge is 0.347 e. The molecule has 120 valence electrons. The molecule has 0 aliphatic carbocycles. The summed E-state index contributed by atoms with van der Waals surface area (Å²) in [5.41, 5.74) is 7.83. The van der Waals surface area contributed by atoms with Crippen LogP contribution in [-0.2, 0) is 11.2 Å². The maximum Gasteiger partial charge on any atom is 0.237 e. The van der Waals surface area contributed by atoms with Crippen molar-refractivity contribution in [1.82, 2.24) is 10.3 Å². The second kappa shape index (κ2) is 10.2. The van der Waals surface area contributed by atoms with Gasteiger partial charge in [-0.25, -0.2) is 0 Å². The van der Waals surface area contributed by atoms with E-state index in [1.165, 1.54) is 0 Å². The van der Waals surface area contributed by atoms with Gasteiger partial charge < -0.3 is 11.1 Å². The molecule has 0 radical (unpaired) electrons. The van der Waals surface area contributed by atoms with Gasteiger partial charge in [0.1, 0.15) is 0 Å². The van der Waals surface area contributed by atoms with Gasteiger partial charge in [0, 0.05) is 6.20 Å². The van der Waals surface area contributed by atoms with Crippen molar-refractivity contribution in [3.05, 3.63) is 66.0 Å². The summed E-state index contributed by atoms with van der Waals surface area (Å²) >= 11 is 0. The van der Waals surface area contributed by atoms with Crippen LogP contribution in [0, 0.1) is 0 Å². The van der Waals surface area contributed by atoms with E-state index in [-0.39, 0.29) is 36.8 Å².